The van der Waals surface area contributed by atoms with Crippen molar-refractivity contribution < 1.29 is 33.3 Å². The number of likely N-dealkylation sites (tertiary alicyclic amines) is 2. The summed E-state index contributed by atoms with van der Waals surface area (Å²) in [4.78, 5) is 33.0. The highest BCUT2D eigenvalue weighted by Gasteiger charge is 2.47. The lowest BCUT2D eigenvalue weighted by molar-refractivity contribution is -0.142. The Hall–Kier alpha value is -3.21. The Morgan fingerprint density at radius 3 is 2.28 bits per heavy atom. The van der Waals surface area contributed by atoms with E-state index in [0.717, 1.165) is 67.8 Å². The summed E-state index contributed by atoms with van der Waals surface area (Å²) < 4.78 is 31.4. The molecule has 47 heavy (non-hydrogen) atoms. The minimum atomic E-state index is -0.766. The second-order valence-corrected chi connectivity index (χ2v) is 13.9. The van der Waals surface area contributed by atoms with Crippen LogP contribution in [0.4, 0.5) is 10.1 Å². The van der Waals surface area contributed by atoms with Crippen molar-refractivity contribution in [1.29, 1.82) is 0 Å². The first-order chi connectivity index (χ1) is 22.8. The number of carbonyl (C=O) groups is 2. The smallest absolute Gasteiger partial charge is 0.306 e. The summed E-state index contributed by atoms with van der Waals surface area (Å²) in [6, 6.07) is 13.5. The molecule has 9 nitrogen and oxygen atoms in total. The number of carboxylic acids is 1. The largest absolute Gasteiger partial charge is 0.497 e. The summed E-state index contributed by atoms with van der Waals surface area (Å²) in [7, 11) is 5.14. The average Bonchev–Trinajstić information content (AvgIpc) is 3.74. The van der Waals surface area contributed by atoms with Gasteiger partial charge in [-0.25, -0.2) is 4.39 Å². The molecule has 3 saturated heterocycles. The van der Waals surface area contributed by atoms with Crippen molar-refractivity contribution in [3.05, 3.63) is 59.4 Å². The lowest BCUT2D eigenvalue weighted by atomic mass is 9.87. The molecule has 4 fully saturated rings. The molecule has 0 bridgehead atoms. The van der Waals surface area contributed by atoms with Crippen LogP contribution in [0.15, 0.2) is 42.5 Å². The molecule has 0 radical (unpaired) electrons. The molecule has 4 aliphatic rings. The SMILES string of the molecule is COC[C@@H]1C[C@@H](c2ccc(F)cc2N2CCC(C(=O)O)CC2)CN1C(=O)C1CN(C2CCC(OC)CC2)C[C@H]1c1ccc(OC)cc1. The lowest BCUT2D eigenvalue weighted by Crippen LogP contribution is -2.44. The molecule has 6 rings (SSSR count). The molecular weight excluding hydrogens is 601 g/mol. The van der Waals surface area contributed by atoms with Crippen LogP contribution < -0.4 is 9.64 Å². The zero-order valence-corrected chi connectivity index (χ0v) is 28.0. The quantitative estimate of drug-likeness (QED) is 0.378. The number of halogens is 1. The molecule has 1 N–H and O–H groups in total. The number of carboxylic acid groups (broad SMARTS) is 1. The predicted octanol–water partition coefficient (Wildman–Crippen LogP) is 5.14. The first-order valence-corrected chi connectivity index (χ1v) is 17.3. The number of hydrogen-bond acceptors (Lipinski definition) is 7. The standard InChI is InChI=1S/C37H50FN3O6/c1-45-23-29-18-26(32-13-6-27(38)19-35(32)39-16-14-25(15-17-39)37(43)44)20-41(29)36(42)34-22-40(28-7-11-31(47-3)12-8-28)21-33(34)24-4-9-30(46-2)10-5-24/h4-6,9-10,13,19,25-26,28-29,31,33-34H,7-8,11-12,14-18,20-23H2,1-3H3,(H,43,44)/t26-,28?,29+,31?,33+,34?/m1/s1. The van der Waals surface area contributed by atoms with Crippen molar-refractivity contribution in [1.82, 2.24) is 9.80 Å². The van der Waals surface area contributed by atoms with Gasteiger partial charge in [0, 0.05) is 70.5 Å². The van der Waals surface area contributed by atoms with E-state index < -0.39 is 5.97 Å². The fourth-order valence-corrected chi connectivity index (χ4v) is 8.70. The minimum absolute atomic E-state index is 0.0214. The van der Waals surface area contributed by atoms with Crippen LogP contribution in [0.25, 0.3) is 0 Å². The number of benzene rings is 2. The Bertz CT molecular complexity index is 1370. The second-order valence-electron chi connectivity index (χ2n) is 13.9. The molecule has 2 aromatic carbocycles. The zero-order valence-electron chi connectivity index (χ0n) is 28.0. The molecule has 10 heteroatoms. The Balaban J connectivity index is 1.24. The van der Waals surface area contributed by atoms with Crippen LogP contribution in [0.5, 0.6) is 5.75 Å². The Kier molecular flexibility index (Phi) is 10.7. The molecule has 1 unspecified atom stereocenters. The van der Waals surface area contributed by atoms with E-state index in [2.05, 4.69) is 21.9 Å². The lowest BCUT2D eigenvalue weighted by Gasteiger charge is -2.34. The molecular formula is C37H50FN3O6. The van der Waals surface area contributed by atoms with E-state index in [9.17, 15) is 19.1 Å². The molecule has 256 valence electrons. The van der Waals surface area contributed by atoms with Gasteiger partial charge in [-0.2, -0.15) is 0 Å². The van der Waals surface area contributed by atoms with Gasteiger partial charge in [0.25, 0.3) is 0 Å². The van der Waals surface area contributed by atoms with E-state index in [0.29, 0.717) is 51.2 Å². The summed E-state index contributed by atoms with van der Waals surface area (Å²) in [6.07, 6.45) is 6.35. The first-order valence-electron chi connectivity index (χ1n) is 17.3. The van der Waals surface area contributed by atoms with Crippen molar-refractivity contribution in [2.45, 2.75) is 75.0 Å². The van der Waals surface area contributed by atoms with Gasteiger partial charge < -0.3 is 29.1 Å². The summed E-state index contributed by atoms with van der Waals surface area (Å²) in [5, 5.41) is 9.50. The number of anilines is 1. The van der Waals surface area contributed by atoms with Gasteiger partial charge in [0.15, 0.2) is 0 Å². The second kappa shape index (κ2) is 14.9. The summed E-state index contributed by atoms with van der Waals surface area (Å²) >= 11 is 0. The van der Waals surface area contributed by atoms with Gasteiger partial charge in [-0.15, -0.1) is 0 Å². The van der Waals surface area contributed by atoms with E-state index in [-0.39, 0.29) is 41.4 Å². The van der Waals surface area contributed by atoms with Crippen LogP contribution in [0.1, 0.15) is 67.9 Å². The van der Waals surface area contributed by atoms with Gasteiger partial charge in [0.2, 0.25) is 5.91 Å². The third kappa shape index (κ3) is 7.29. The van der Waals surface area contributed by atoms with E-state index >= 15 is 0 Å². The maximum atomic E-state index is 14.8. The fourth-order valence-electron chi connectivity index (χ4n) is 8.70. The third-order valence-corrected chi connectivity index (χ3v) is 11.4. The summed E-state index contributed by atoms with van der Waals surface area (Å²) in [5.41, 5.74) is 2.99. The van der Waals surface area contributed by atoms with Crippen molar-refractivity contribution in [2.75, 3.05) is 65.6 Å². The highest BCUT2D eigenvalue weighted by atomic mass is 19.1. The number of hydrogen-bond donors (Lipinski definition) is 1. The van der Waals surface area contributed by atoms with Gasteiger partial charge in [-0.3, -0.25) is 14.5 Å². The van der Waals surface area contributed by atoms with Gasteiger partial charge >= 0.3 is 5.97 Å². The van der Waals surface area contributed by atoms with Gasteiger partial charge in [0.1, 0.15) is 11.6 Å². The number of piperidine rings is 1. The van der Waals surface area contributed by atoms with Crippen LogP contribution in [-0.2, 0) is 19.1 Å². The molecule has 1 amide bonds. The Morgan fingerprint density at radius 2 is 1.64 bits per heavy atom. The molecule has 0 aromatic heterocycles. The predicted molar refractivity (Wildman–Crippen MR) is 178 cm³/mol. The van der Waals surface area contributed by atoms with Crippen molar-refractivity contribution >= 4 is 17.6 Å². The normalized spacial score (nSPS) is 28.9. The van der Waals surface area contributed by atoms with Crippen LogP contribution in [-0.4, -0.2) is 106 Å². The van der Waals surface area contributed by atoms with Gasteiger partial charge in [-0.05, 0) is 80.3 Å². The van der Waals surface area contributed by atoms with E-state index in [1.54, 1.807) is 27.4 Å². The highest BCUT2D eigenvalue weighted by molar-refractivity contribution is 5.81. The maximum absolute atomic E-state index is 14.8. The third-order valence-electron chi connectivity index (χ3n) is 11.4. The van der Waals surface area contributed by atoms with Gasteiger partial charge in [0.05, 0.1) is 37.7 Å². The van der Waals surface area contributed by atoms with E-state index in [1.165, 1.54) is 6.07 Å². The molecule has 0 spiro atoms. The number of ether oxygens (including phenoxy) is 3. The number of amides is 1. The van der Waals surface area contributed by atoms with E-state index in [1.807, 2.05) is 23.1 Å². The number of aliphatic carboxylic acids is 1. The van der Waals surface area contributed by atoms with Crippen LogP contribution >= 0.6 is 0 Å². The number of methoxy groups -OCH3 is 3. The maximum Gasteiger partial charge on any atom is 0.306 e. The van der Waals surface area contributed by atoms with Crippen molar-refractivity contribution in [2.24, 2.45) is 11.8 Å². The minimum Gasteiger partial charge on any atom is -0.497 e. The molecule has 3 heterocycles. The monoisotopic (exact) mass is 651 g/mol. The number of carbonyl (C=O) groups excluding carboxylic acids is 1. The molecule has 1 saturated carbocycles. The number of rotatable bonds is 10. The van der Waals surface area contributed by atoms with Gasteiger partial charge in [-0.1, -0.05) is 18.2 Å². The molecule has 3 aliphatic heterocycles. The van der Waals surface area contributed by atoms with E-state index in [4.69, 9.17) is 14.2 Å². The molecule has 1 aliphatic carbocycles. The van der Waals surface area contributed by atoms with Crippen LogP contribution in [0.2, 0.25) is 0 Å². The molecule has 2 aromatic rings. The average molecular weight is 652 g/mol. The Morgan fingerprint density at radius 1 is 0.915 bits per heavy atom. The van der Waals surface area contributed by atoms with Crippen molar-refractivity contribution in [3.8, 4) is 5.75 Å². The molecule has 4 atom stereocenters. The van der Waals surface area contributed by atoms with Crippen molar-refractivity contribution in [3.63, 3.8) is 0 Å². The summed E-state index contributed by atoms with van der Waals surface area (Å²) in [5.74, 6) is -0.587. The zero-order chi connectivity index (χ0) is 33.1. The Labute approximate surface area is 277 Å². The topological polar surface area (TPSA) is 91.8 Å². The van der Waals surface area contributed by atoms with Crippen LogP contribution in [0.3, 0.4) is 0 Å². The number of nitrogens with zero attached hydrogens (tertiary/aromatic N) is 3. The summed E-state index contributed by atoms with van der Waals surface area (Å²) in [6.45, 7) is 3.68. The highest BCUT2D eigenvalue weighted by Crippen LogP contribution is 2.43. The van der Waals surface area contributed by atoms with Crippen LogP contribution in [0, 0.1) is 17.7 Å². The first kappa shape index (κ1) is 33.7. The fraction of sp³-hybridized carbons (Fsp3) is 0.622.